The molecule has 0 spiro atoms. The van der Waals surface area contributed by atoms with E-state index in [1.54, 1.807) is 12.1 Å². The van der Waals surface area contributed by atoms with Gasteiger partial charge in [-0.05, 0) is 36.0 Å². The van der Waals surface area contributed by atoms with Gasteiger partial charge in [-0.15, -0.1) is 0 Å². The summed E-state index contributed by atoms with van der Waals surface area (Å²) in [7, 11) is 0. The average Bonchev–Trinajstić information content (AvgIpc) is 2.72. The molecule has 3 rings (SSSR count). The van der Waals surface area contributed by atoms with Gasteiger partial charge in [0.25, 0.3) is 0 Å². The van der Waals surface area contributed by atoms with Crippen LogP contribution >= 0.6 is 0 Å². The smallest absolute Gasteiger partial charge is 0.303 e. The van der Waals surface area contributed by atoms with Gasteiger partial charge in [0.1, 0.15) is 0 Å². The molecule has 5 nitrogen and oxygen atoms in total. The van der Waals surface area contributed by atoms with Crippen molar-refractivity contribution in [3.63, 3.8) is 0 Å². The molecule has 0 unspecified atom stereocenters. The molecule has 2 aromatic carbocycles. The van der Waals surface area contributed by atoms with Crippen molar-refractivity contribution in [1.82, 2.24) is 0 Å². The van der Waals surface area contributed by atoms with Crippen LogP contribution < -0.4 is 0 Å². The molecule has 2 aromatic rings. The van der Waals surface area contributed by atoms with Crippen LogP contribution in [0.25, 0.3) is 0 Å². The first-order chi connectivity index (χ1) is 12.4. The molecule has 1 aliphatic carbocycles. The van der Waals surface area contributed by atoms with Crippen LogP contribution in [0.5, 0.6) is 0 Å². The standard InChI is InChI=1S/C21H20O5/c22-18(23)9-11-21(12-10-19(24)25)17-8-4-2-6-15(17)13-14-5-1-3-7-16(14)20(21)26/h1-8H,9-13H2,(H,22,23)(H,24,25). The van der Waals surface area contributed by atoms with Crippen molar-refractivity contribution in [1.29, 1.82) is 0 Å². The molecule has 0 amide bonds. The summed E-state index contributed by atoms with van der Waals surface area (Å²) in [6.45, 7) is 0. The minimum Gasteiger partial charge on any atom is -0.481 e. The summed E-state index contributed by atoms with van der Waals surface area (Å²) in [5.41, 5.74) is 2.00. The van der Waals surface area contributed by atoms with Gasteiger partial charge in [-0.1, -0.05) is 48.5 Å². The first kappa shape index (κ1) is 17.9. The molecule has 0 saturated heterocycles. The lowest BCUT2D eigenvalue weighted by Crippen LogP contribution is -2.37. The number of aliphatic carboxylic acids is 2. The maximum absolute atomic E-state index is 13.6. The number of carboxylic acid groups (broad SMARTS) is 2. The second-order valence-electron chi connectivity index (χ2n) is 6.69. The van der Waals surface area contributed by atoms with E-state index in [0.717, 1.165) is 16.7 Å². The summed E-state index contributed by atoms with van der Waals surface area (Å²) in [6, 6.07) is 14.8. The molecule has 2 N–H and O–H groups in total. The second kappa shape index (κ2) is 7.12. The van der Waals surface area contributed by atoms with E-state index in [-0.39, 0.29) is 31.5 Å². The summed E-state index contributed by atoms with van der Waals surface area (Å²) in [6.07, 6.45) is 0.350. The van der Waals surface area contributed by atoms with Gasteiger partial charge < -0.3 is 10.2 Å². The zero-order valence-corrected chi connectivity index (χ0v) is 14.3. The van der Waals surface area contributed by atoms with Crippen LogP contribution in [0.3, 0.4) is 0 Å². The van der Waals surface area contributed by atoms with Crippen molar-refractivity contribution in [2.75, 3.05) is 0 Å². The number of ketones is 1. The van der Waals surface area contributed by atoms with Gasteiger partial charge in [0.15, 0.2) is 5.78 Å². The van der Waals surface area contributed by atoms with Crippen molar-refractivity contribution in [2.45, 2.75) is 37.5 Å². The van der Waals surface area contributed by atoms with Crippen LogP contribution in [-0.2, 0) is 21.4 Å². The minimum atomic E-state index is -1.14. The monoisotopic (exact) mass is 352 g/mol. The van der Waals surface area contributed by atoms with Crippen molar-refractivity contribution < 1.29 is 24.6 Å². The lowest BCUT2D eigenvalue weighted by molar-refractivity contribution is -0.137. The predicted molar refractivity (Wildman–Crippen MR) is 95.4 cm³/mol. The van der Waals surface area contributed by atoms with Crippen molar-refractivity contribution in [2.24, 2.45) is 0 Å². The fourth-order valence-electron chi connectivity index (χ4n) is 3.88. The third-order valence-electron chi connectivity index (χ3n) is 5.14. The fourth-order valence-corrected chi connectivity index (χ4v) is 3.88. The molecule has 26 heavy (non-hydrogen) atoms. The van der Waals surface area contributed by atoms with E-state index in [9.17, 15) is 24.6 Å². The zero-order valence-electron chi connectivity index (χ0n) is 14.3. The number of benzene rings is 2. The van der Waals surface area contributed by atoms with Gasteiger partial charge in [0.2, 0.25) is 0 Å². The Morgan fingerprint density at radius 1 is 0.846 bits per heavy atom. The van der Waals surface area contributed by atoms with Crippen molar-refractivity contribution >= 4 is 17.7 Å². The summed E-state index contributed by atoms with van der Waals surface area (Å²) < 4.78 is 0. The quantitative estimate of drug-likeness (QED) is 0.831. The number of carbonyl (C=O) groups excluding carboxylic acids is 1. The van der Waals surface area contributed by atoms with E-state index in [2.05, 4.69) is 0 Å². The van der Waals surface area contributed by atoms with Crippen LogP contribution in [0.1, 0.15) is 52.7 Å². The van der Waals surface area contributed by atoms with E-state index < -0.39 is 17.4 Å². The average molecular weight is 352 g/mol. The first-order valence-corrected chi connectivity index (χ1v) is 8.59. The van der Waals surface area contributed by atoms with E-state index in [0.29, 0.717) is 12.0 Å². The molecule has 0 atom stereocenters. The van der Waals surface area contributed by atoms with E-state index >= 15 is 0 Å². The number of fused-ring (bicyclic) bond motifs is 2. The molecule has 0 bridgehead atoms. The highest BCUT2D eigenvalue weighted by atomic mass is 16.4. The molecule has 0 aromatic heterocycles. The molecule has 1 aliphatic rings. The highest BCUT2D eigenvalue weighted by Gasteiger charge is 2.44. The molecule has 0 aliphatic heterocycles. The molecule has 5 heteroatoms. The van der Waals surface area contributed by atoms with Crippen LogP contribution in [-0.4, -0.2) is 27.9 Å². The number of carbonyl (C=O) groups is 3. The SMILES string of the molecule is O=C(O)CCC1(CCC(=O)O)C(=O)c2ccccc2Cc2ccccc21. The maximum Gasteiger partial charge on any atom is 0.303 e. The summed E-state index contributed by atoms with van der Waals surface area (Å²) in [4.78, 5) is 36.1. The minimum absolute atomic E-state index is 0.0831. The Morgan fingerprint density at radius 3 is 2.00 bits per heavy atom. The highest BCUT2D eigenvalue weighted by Crippen LogP contribution is 2.43. The van der Waals surface area contributed by atoms with E-state index in [1.807, 2.05) is 36.4 Å². The van der Waals surface area contributed by atoms with Gasteiger partial charge in [-0.3, -0.25) is 14.4 Å². The van der Waals surface area contributed by atoms with Gasteiger partial charge in [0.05, 0.1) is 5.41 Å². The Morgan fingerprint density at radius 2 is 1.38 bits per heavy atom. The Hall–Kier alpha value is -2.95. The lowest BCUT2D eigenvalue weighted by atomic mass is 9.68. The van der Waals surface area contributed by atoms with Crippen LogP contribution in [0.2, 0.25) is 0 Å². The molecule has 0 saturated carbocycles. The third kappa shape index (κ3) is 3.25. The molecule has 0 fully saturated rings. The van der Waals surface area contributed by atoms with E-state index in [4.69, 9.17) is 0 Å². The highest BCUT2D eigenvalue weighted by molar-refractivity contribution is 6.06. The third-order valence-corrected chi connectivity index (χ3v) is 5.14. The number of carboxylic acids is 2. The van der Waals surface area contributed by atoms with Crippen LogP contribution in [0, 0.1) is 0 Å². The molecular weight excluding hydrogens is 332 g/mol. The second-order valence-corrected chi connectivity index (χ2v) is 6.69. The van der Waals surface area contributed by atoms with Gasteiger partial charge in [-0.2, -0.15) is 0 Å². The van der Waals surface area contributed by atoms with Crippen LogP contribution in [0.4, 0.5) is 0 Å². The number of Topliss-reactive ketones (excluding diaryl/α,β-unsaturated/α-hetero) is 1. The summed E-state index contributed by atoms with van der Waals surface area (Å²) in [5, 5.41) is 18.4. The topological polar surface area (TPSA) is 91.7 Å². The molecule has 0 radical (unpaired) electrons. The number of hydrogen-bond donors (Lipinski definition) is 2. The maximum atomic E-state index is 13.6. The fraction of sp³-hybridized carbons (Fsp3) is 0.286. The lowest BCUT2D eigenvalue weighted by Gasteiger charge is -2.33. The number of hydrogen-bond acceptors (Lipinski definition) is 3. The Kier molecular flexibility index (Phi) is 4.89. The van der Waals surface area contributed by atoms with E-state index in [1.165, 1.54) is 0 Å². The molecule has 0 heterocycles. The zero-order chi connectivity index (χ0) is 18.7. The van der Waals surface area contributed by atoms with Gasteiger partial charge >= 0.3 is 11.9 Å². The summed E-state index contributed by atoms with van der Waals surface area (Å²) >= 11 is 0. The Bertz CT molecular complexity index is 850. The Balaban J connectivity index is 2.21. The van der Waals surface area contributed by atoms with Gasteiger partial charge in [-0.25, -0.2) is 0 Å². The Labute approximate surface area is 151 Å². The predicted octanol–water partition coefficient (Wildman–Crippen LogP) is 3.44. The van der Waals surface area contributed by atoms with Crippen LogP contribution in [0.15, 0.2) is 48.5 Å². The normalized spacial score (nSPS) is 14.8. The van der Waals surface area contributed by atoms with Gasteiger partial charge in [0, 0.05) is 18.4 Å². The molecule has 134 valence electrons. The summed E-state index contributed by atoms with van der Waals surface area (Å²) in [5.74, 6) is -2.18. The number of rotatable bonds is 6. The first-order valence-electron chi connectivity index (χ1n) is 8.59. The van der Waals surface area contributed by atoms with Crippen molar-refractivity contribution in [3.8, 4) is 0 Å². The van der Waals surface area contributed by atoms with Crippen molar-refractivity contribution in [3.05, 3.63) is 70.8 Å². The molecular formula is C21H20O5. The largest absolute Gasteiger partial charge is 0.481 e.